The van der Waals surface area contributed by atoms with Crippen LogP contribution in [0, 0.1) is 0 Å². The zero-order valence-electron chi connectivity index (χ0n) is 10.3. The van der Waals surface area contributed by atoms with Crippen molar-refractivity contribution >= 4 is 0 Å². The first-order valence-electron chi connectivity index (χ1n) is 5.79. The van der Waals surface area contributed by atoms with Gasteiger partial charge < -0.3 is 4.74 Å². The summed E-state index contributed by atoms with van der Waals surface area (Å²) in [7, 11) is 0. The van der Waals surface area contributed by atoms with Crippen molar-refractivity contribution in [3.8, 4) is 17.0 Å². The number of ether oxygens (including phenoxy) is 1. The molecule has 2 aromatic rings. The van der Waals surface area contributed by atoms with Crippen molar-refractivity contribution in [1.82, 2.24) is 4.98 Å². The second-order valence-electron chi connectivity index (χ2n) is 4.09. The summed E-state index contributed by atoms with van der Waals surface area (Å²) < 4.78 is 54.0. The minimum Gasteiger partial charge on any atom is -0.487 e. The Morgan fingerprint density at radius 1 is 1.05 bits per heavy atom. The number of hydrogen-bond acceptors (Lipinski definition) is 2. The number of aromatic nitrogens is 1. The molecule has 0 spiro atoms. The fourth-order valence-electron chi connectivity index (χ4n) is 1.50. The Hall–Kier alpha value is -2.11. The van der Waals surface area contributed by atoms with E-state index in [0.717, 1.165) is 11.3 Å². The van der Waals surface area contributed by atoms with Crippen LogP contribution in [-0.2, 0) is 0 Å². The molecule has 0 N–H and O–H groups in total. The highest BCUT2D eigenvalue weighted by atomic mass is 19.3. The maximum absolute atomic E-state index is 12.7. The first kappa shape index (κ1) is 14.3. The molecular weight excluding hydrogens is 274 g/mol. The van der Waals surface area contributed by atoms with Crippen molar-refractivity contribution in [2.24, 2.45) is 0 Å². The second kappa shape index (κ2) is 5.90. The van der Waals surface area contributed by atoms with Gasteiger partial charge in [-0.2, -0.15) is 8.78 Å². The third kappa shape index (κ3) is 3.46. The lowest BCUT2D eigenvalue weighted by molar-refractivity contribution is -0.148. The summed E-state index contributed by atoms with van der Waals surface area (Å²) >= 11 is 0. The first-order valence-corrected chi connectivity index (χ1v) is 5.79. The average Bonchev–Trinajstić information content (AvgIpc) is 2.46. The molecule has 0 unspecified atom stereocenters. The third-order valence-corrected chi connectivity index (χ3v) is 2.57. The number of nitrogens with zero attached hydrogens (tertiary/aromatic N) is 1. The molecule has 1 heterocycles. The Balaban J connectivity index is 2.03. The molecule has 106 valence electrons. The maximum atomic E-state index is 12.7. The van der Waals surface area contributed by atoms with E-state index in [1.807, 2.05) is 6.07 Å². The molecule has 0 saturated heterocycles. The number of rotatable bonds is 5. The van der Waals surface area contributed by atoms with E-state index in [2.05, 4.69) is 9.72 Å². The van der Waals surface area contributed by atoms with Crippen LogP contribution in [0.2, 0.25) is 0 Å². The molecule has 0 fully saturated rings. The summed E-state index contributed by atoms with van der Waals surface area (Å²) in [5.41, 5.74) is 1.50. The largest absolute Gasteiger partial charge is 0.487 e. The molecule has 0 amide bonds. The fraction of sp³-hybridized carbons (Fsp3) is 0.214. The van der Waals surface area contributed by atoms with Gasteiger partial charge >= 0.3 is 12.3 Å². The fourth-order valence-corrected chi connectivity index (χ4v) is 1.50. The van der Waals surface area contributed by atoms with E-state index in [1.54, 1.807) is 30.5 Å². The predicted molar refractivity (Wildman–Crippen MR) is 66.1 cm³/mol. The van der Waals surface area contributed by atoms with E-state index in [4.69, 9.17) is 0 Å². The molecule has 2 rings (SSSR count). The molecule has 0 aliphatic heterocycles. The maximum Gasteiger partial charge on any atom is 0.340 e. The van der Waals surface area contributed by atoms with Crippen LogP contribution < -0.4 is 4.74 Å². The lowest BCUT2D eigenvalue weighted by Gasteiger charge is -2.16. The molecular formula is C14H11F4NO. The van der Waals surface area contributed by atoms with Gasteiger partial charge in [-0.3, -0.25) is 4.98 Å². The van der Waals surface area contributed by atoms with Crippen LogP contribution in [0.25, 0.3) is 11.3 Å². The lowest BCUT2D eigenvalue weighted by atomic mass is 10.1. The quantitative estimate of drug-likeness (QED) is 0.774. The highest BCUT2D eigenvalue weighted by Crippen LogP contribution is 2.25. The second-order valence-corrected chi connectivity index (χ2v) is 4.09. The van der Waals surface area contributed by atoms with Gasteiger partial charge in [-0.1, -0.05) is 6.07 Å². The number of alkyl halides is 4. The SMILES string of the molecule is FC(F)C(F)(F)COc1ccc(-c2ccccn2)cc1. The predicted octanol–water partition coefficient (Wildman–Crippen LogP) is 4.03. The van der Waals surface area contributed by atoms with Crippen LogP contribution in [0.5, 0.6) is 5.75 Å². The summed E-state index contributed by atoms with van der Waals surface area (Å²) in [5.74, 6) is -4.05. The van der Waals surface area contributed by atoms with Crippen molar-refractivity contribution in [2.75, 3.05) is 6.61 Å². The molecule has 0 radical (unpaired) electrons. The zero-order chi connectivity index (χ0) is 14.6. The van der Waals surface area contributed by atoms with Gasteiger partial charge in [-0.15, -0.1) is 0 Å². The van der Waals surface area contributed by atoms with Gasteiger partial charge in [-0.05, 0) is 36.4 Å². The lowest BCUT2D eigenvalue weighted by Crippen LogP contribution is -2.33. The molecule has 0 bridgehead atoms. The van der Waals surface area contributed by atoms with Gasteiger partial charge in [-0.25, -0.2) is 8.78 Å². The van der Waals surface area contributed by atoms with Crippen LogP contribution in [0.4, 0.5) is 17.6 Å². The summed E-state index contributed by atoms with van der Waals surface area (Å²) in [4.78, 5) is 4.13. The zero-order valence-corrected chi connectivity index (χ0v) is 10.3. The van der Waals surface area contributed by atoms with E-state index in [0.29, 0.717) is 0 Å². The first-order chi connectivity index (χ1) is 9.49. The summed E-state index contributed by atoms with van der Waals surface area (Å²) in [6.45, 7) is -1.35. The minimum absolute atomic E-state index is 0.102. The molecule has 0 atom stereocenters. The summed E-state index contributed by atoms with van der Waals surface area (Å²) in [6, 6.07) is 11.5. The average molecular weight is 285 g/mol. The molecule has 2 nitrogen and oxygen atoms in total. The smallest absolute Gasteiger partial charge is 0.340 e. The Morgan fingerprint density at radius 2 is 1.75 bits per heavy atom. The third-order valence-electron chi connectivity index (χ3n) is 2.57. The van der Waals surface area contributed by atoms with E-state index >= 15 is 0 Å². The van der Waals surface area contributed by atoms with Crippen molar-refractivity contribution in [2.45, 2.75) is 12.3 Å². The minimum atomic E-state index is -4.15. The van der Waals surface area contributed by atoms with Gasteiger partial charge in [0.05, 0.1) is 5.69 Å². The van der Waals surface area contributed by atoms with Crippen LogP contribution in [0.3, 0.4) is 0 Å². The van der Waals surface area contributed by atoms with Crippen LogP contribution >= 0.6 is 0 Å². The van der Waals surface area contributed by atoms with Gasteiger partial charge in [0.2, 0.25) is 0 Å². The van der Waals surface area contributed by atoms with Crippen molar-refractivity contribution in [3.63, 3.8) is 0 Å². The Labute approximate surface area is 113 Å². The number of hydrogen-bond donors (Lipinski definition) is 0. The topological polar surface area (TPSA) is 22.1 Å². The number of halogens is 4. The molecule has 1 aromatic heterocycles. The normalized spacial score (nSPS) is 11.7. The molecule has 0 aliphatic rings. The summed E-state index contributed by atoms with van der Waals surface area (Å²) in [5, 5.41) is 0. The van der Waals surface area contributed by atoms with Gasteiger partial charge in [0, 0.05) is 11.8 Å². The van der Waals surface area contributed by atoms with Crippen molar-refractivity contribution in [1.29, 1.82) is 0 Å². The van der Waals surface area contributed by atoms with Gasteiger partial charge in [0.15, 0.2) is 6.61 Å². The molecule has 0 saturated carbocycles. The van der Waals surface area contributed by atoms with Crippen molar-refractivity contribution in [3.05, 3.63) is 48.7 Å². The molecule has 1 aromatic carbocycles. The van der Waals surface area contributed by atoms with Crippen LogP contribution in [0.15, 0.2) is 48.7 Å². The van der Waals surface area contributed by atoms with E-state index in [1.165, 1.54) is 12.1 Å². The van der Waals surface area contributed by atoms with Crippen LogP contribution in [0.1, 0.15) is 0 Å². The molecule has 0 aliphatic carbocycles. The van der Waals surface area contributed by atoms with Gasteiger partial charge in [0.25, 0.3) is 0 Å². The van der Waals surface area contributed by atoms with Crippen molar-refractivity contribution < 1.29 is 22.3 Å². The Bertz CT molecular complexity index is 543. The van der Waals surface area contributed by atoms with Crippen LogP contribution in [-0.4, -0.2) is 23.9 Å². The van der Waals surface area contributed by atoms with E-state index in [9.17, 15) is 17.6 Å². The molecule has 6 heteroatoms. The number of benzene rings is 1. The highest BCUT2D eigenvalue weighted by Gasteiger charge is 2.41. The van der Waals surface area contributed by atoms with E-state index in [-0.39, 0.29) is 5.75 Å². The summed E-state index contributed by atoms with van der Waals surface area (Å²) in [6.07, 6.45) is -2.11. The highest BCUT2D eigenvalue weighted by molar-refractivity contribution is 5.59. The Morgan fingerprint density at radius 3 is 2.30 bits per heavy atom. The van der Waals surface area contributed by atoms with Gasteiger partial charge in [0.1, 0.15) is 5.75 Å². The van der Waals surface area contributed by atoms with E-state index < -0.39 is 19.0 Å². The standard InChI is InChI=1S/C14H11F4NO/c15-13(16)14(17,18)9-20-11-6-4-10(5-7-11)12-3-1-2-8-19-12/h1-8,13H,9H2. The number of pyridine rings is 1. The molecule has 20 heavy (non-hydrogen) atoms. The Kier molecular flexibility index (Phi) is 4.22. The monoisotopic (exact) mass is 285 g/mol.